The first-order valence-electron chi connectivity index (χ1n) is 7.44. The SMILES string of the molecule is C[C@@H](OC(=O)[C@@H](C)Oc1ccccc1)C(=O)Nc1ccc(Br)cc1. The van der Waals surface area contributed by atoms with Crippen LogP contribution in [0.5, 0.6) is 5.75 Å². The number of esters is 1. The maximum atomic E-state index is 12.1. The van der Waals surface area contributed by atoms with E-state index in [1.165, 1.54) is 6.92 Å². The molecule has 0 fully saturated rings. The van der Waals surface area contributed by atoms with E-state index < -0.39 is 24.1 Å². The van der Waals surface area contributed by atoms with Crippen molar-refractivity contribution in [1.82, 2.24) is 0 Å². The molecule has 0 aliphatic rings. The molecular weight excluding hydrogens is 374 g/mol. The van der Waals surface area contributed by atoms with Crippen molar-refractivity contribution in [3.05, 3.63) is 59.1 Å². The lowest BCUT2D eigenvalue weighted by Gasteiger charge is -2.17. The van der Waals surface area contributed by atoms with Gasteiger partial charge in [-0.2, -0.15) is 0 Å². The summed E-state index contributed by atoms with van der Waals surface area (Å²) >= 11 is 3.32. The van der Waals surface area contributed by atoms with Crippen LogP contribution in [-0.4, -0.2) is 24.1 Å². The lowest BCUT2D eigenvalue weighted by atomic mass is 10.3. The Bertz CT molecular complexity index is 688. The molecule has 0 spiro atoms. The topological polar surface area (TPSA) is 64.6 Å². The average Bonchev–Trinajstić information content (AvgIpc) is 2.57. The minimum absolute atomic E-state index is 0.405. The second-order valence-electron chi connectivity index (χ2n) is 5.15. The molecule has 24 heavy (non-hydrogen) atoms. The van der Waals surface area contributed by atoms with Gasteiger partial charge in [-0.25, -0.2) is 4.79 Å². The van der Waals surface area contributed by atoms with Gasteiger partial charge in [0.2, 0.25) is 0 Å². The lowest BCUT2D eigenvalue weighted by Crippen LogP contribution is -2.35. The highest BCUT2D eigenvalue weighted by atomic mass is 79.9. The average molecular weight is 392 g/mol. The molecule has 126 valence electrons. The van der Waals surface area contributed by atoms with Crippen molar-refractivity contribution < 1.29 is 19.1 Å². The van der Waals surface area contributed by atoms with Gasteiger partial charge in [-0.15, -0.1) is 0 Å². The van der Waals surface area contributed by atoms with Gasteiger partial charge in [-0.1, -0.05) is 34.1 Å². The predicted octanol–water partition coefficient (Wildman–Crippen LogP) is 3.79. The zero-order valence-corrected chi connectivity index (χ0v) is 14.9. The summed E-state index contributed by atoms with van der Waals surface area (Å²) in [5.41, 5.74) is 0.625. The third-order valence-electron chi connectivity index (χ3n) is 3.16. The van der Waals surface area contributed by atoms with Crippen LogP contribution in [0.3, 0.4) is 0 Å². The summed E-state index contributed by atoms with van der Waals surface area (Å²) in [6, 6.07) is 16.1. The molecule has 0 aromatic heterocycles. The summed E-state index contributed by atoms with van der Waals surface area (Å²) < 4.78 is 11.5. The fourth-order valence-corrected chi connectivity index (χ4v) is 2.12. The highest BCUT2D eigenvalue weighted by molar-refractivity contribution is 9.10. The number of nitrogens with one attached hydrogen (secondary N) is 1. The zero-order valence-electron chi connectivity index (χ0n) is 13.4. The van der Waals surface area contributed by atoms with E-state index in [4.69, 9.17) is 9.47 Å². The Kier molecular flexibility index (Phi) is 6.37. The molecule has 0 radical (unpaired) electrons. The van der Waals surface area contributed by atoms with Crippen molar-refractivity contribution in [3.63, 3.8) is 0 Å². The van der Waals surface area contributed by atoms with Crippen LogP contribution in [0.15, 0.2) is 59.1 Å². The highest BCUT2D eigenvalue weighted by Gasteiger charge is 2.23. The van der Waals surface area contributed by atoms with Gasteiger partial charge in [0.25, 0.3) is 5.91 Å². The van der Waals surface area contributed by atoms with Gasteiger partial charge in [0.05, 0.1) is 0 Å². The van der Waals surface area contributed by atoms with Gasteiger partial charge in [-0.3, -0.25) is 4.79 Å². The number of halogens is 1. The van der Waals surface area contributed by atoms with E-state index in [0.29, 0.717) is 11.4 Å². The zero-order chi connectivity index (χ0) is 17.5. The van der Waals surface area contributed by atoms with Crippen molar-refractivity contribution in [1.29, 1.82) is 0 Å². The second kappa shape index (κ2) is 8.49. The second-order valence-corrected chi connectivity index (χ2v) is 6.06. The van der Waals surface area contributed by atoms with Gasteiger partial charge in [0.15, 0.2) is 12.2 Å². The normalized spacial score (nSPS) is 12.8. The highest BCUT2D eigenvalue weighted by Crippen LogP contribution is 2.15. The molecule has 5 nitrogen and oxygen atoms in total. The van der Waals surface area contributed by atoms with Crippen molar-refractivity contribution in [2.24, 2.45) is 0 Å². The van der Waals surface area contributed by atoms with E-state index in [1.807, 2.05) is 30.3 Å². The lowest BCUT2D eigenvalue weighted by molar-refractivity contribution is -0.159. The monoisotopic (exact) mass is 391 g/mol. The minimum atomic E-state index is -0.928. The summed E-state index contributed by atoms with van der Waals surface area (Å²) in [5, 5.41) is 2.69. The first-order valence-corrected chi connectivity index (χ1v) is 8.23. The van der Waals surface area contributed by atoms with Crippen molar-refractivity contribution in [2.75, 3.05) is 5.32 Å². The van der Waals surface area contributed by atoms with E-state index >= 15 is 0 Å². The van der Waals surface area contributed by atoms with Crippen LogP contribution < -0.4 is 10.1 Å². The molecule has 2 aromatic carbocycles. The van der Waals surface area contributed by atoms with Crippen LogP contribution in [0, 0.1) is 0 Å². The number of benzene rings is 2. The molecule has 1 amide bonds. The number of amides is 1. The van der Waals surface area contributed by atoms with Crippen LogP contribution in [0.2, 0.25) is 0 Å². The van der Waals surface area contributed by atoms with E-state index in [-0.39, 0.29) is 0 Å². The van der Waals surface area contributed by atoms with Gasteiger partial charge in [-0.05, 0) is 50.2 Å². The number of anilines is 1. The Balaban J connectivity index is 1.85. The van der Waals surface area contributed by atoms with Crippen molar-refractivity contribution >= 4 is 33.5 Å². The number of hydrogen-bond donors (Lipinski definition) is 1. The summed E-state index contributed by atoms with van der Waals surface area (Å²) in [6.07, 6.45) is -1.74. The molecule has 0 bridgehead atoms. The largest absolute Gasteiger partial charge is 0.479 e. The third kappa shape index (κ3) is 5.38. The molecule has 0 aliphatic carbocycles. The minimum Gasteiger partial charge on any atom is -0.479 e. The smallest absolute Gasteiger partial charge is 0.347 e. The predicted molar refractivity (Wildman–Crippen MR) is 94.9 cm³/mol. The molecule has 1 N–H and O–H groups in total. The molecule has 0 saturated heterocycles. The molecule has 2 aromatic rings. The number of hydrogen-bond acceptors (Lipinski definition) is 4. The molecule has 0 aliphatic heterocycles. The first kappa shape index (κ1) is 18.0. The summed E-state index contributed by atoms with van der Waals surface area (Å²) in [7, 11) is 0. The van der Waals surface area contributed by atoms with Crippen LogP contribution in [0.4, 0.5) is 5.69 Å². The maximum absolute atomic E-state index is 12.1. The van der Waals surface area contributed by atoms with E-state index in [9.17, 15) is 9.59 Å². The Labute approximate surface area is 149 Å². The molecule has 2 rings (SSSR count). The molecule has 6 heteroatoms. The molecule has 2 atom stereocenters. The number of rotatable bonds is 6. The van der Waals surface area contributed by atoms with Crippen LogP contribution in [-0.2, 0) is 14.3 Å². The number of carbonyl (C=O) groups is 2. The Morgan fingerprint density at radius 3 is 2.21 bits per heavy atom. The fourth-order valence-electron chi connectivity index (χ4n) is 1.85. The van der Waals surface area contributed by atoms with E-state index in [1.54, 1.807) is 31.2 Å². The van der Waals surface area contributed by atoms with Gasteiger partial charge >= 0.3 is 5.97 Å². The number of para-hydroxylation sites is 1. The Hall–Kier alpha value is -2.34. The van der Waals surface area contributed by atoms with Gasteiger partial charge in [0, 0.05) is 10.2 Å². The molecule has 0 saturated carbocycles. The quantitative estimate of drug-likeness (QED) is 0.760. The van der Waals surface area contributed by atoms with E-state index in [2.05, 4.69) is 21.2 Å². The Morgan fingerprint density at radius 1 is 0.958 bits per heavy atom. The van der Waals surface area contributed by atoms with Crippen LogP contribution in [0.1, 0.15) is 13.8 Å². The van der Waals surface area contributed by atoms with Crippen molar-refractivity contribution in [3.8, 4) is 5.75 Å². The molecular formula is C18H18BrNO4. The van der Waals surface area contributed by atoms with E-state index in [0.717, 1.165) is 4.47 Å². The van der Waals surface area contributed by atoms with Gasteiger partial charge in [0.1, 0.15) is 5.75 Å². The van der Waals surface area contributed by atoms with Crippen LogP contribution >= 0.6 is 15.9 Å². The first-order chi connectivity index (χ1) is 11.5. The number of ether oxygens (including phenoxy) is 2. The third-order valence-corrected chi connectivity index (χ3v) is 3.69. The maximum Gasteiger partial charge on any atom is 0.347 e. The van der Waals surface area contributed by atoms with Gasteiger partial charge < -0.3 is 14.8 Å². The number of carbonyl (C=O) groups excluding carboxylic acids is 2. The standard InChI is InChI=1S/C18H18BrNO4/c1-12(17(21)20-15-10-8-14(19)9-11-15)24-18(22)13(2)23-16-6-4-3-5-7-16/h3-13H,1-2H3,(H,20,21)/t12-,13-/m1/s1. The molecule has 0 unspecified atom stereocenters. The summed E-state index contributed by atoms with van der Waals surface area (Å²) in [6.45, 7) is 3.09. The fraction of sp³-hybridized carbons (Fsp3) is 0.222. The Morgan fingerprint density at radius 2 is 1.58 bits per heavy atom. The summed E-state index contributed by atoms with van der Waals surface area (Å²) in [5.74, 6) is -0.441. The van der Waals surface area contributed by atoms with Crippen LogP contribution in [0.25, 0.3) is 0 Å². The summed E-state index contributed by atoms with van der Waals surface area (Å²) in [4.78, 5) is 24.1. The molecule has 0 heterocycles. The van der Waals surface area contributed by atoms with Crippen molar-refractivity contribution in [2.45, 2.75) is 26.1 Å².